The van der Waals surface area contributed by atoms with Crippen LogP contribution < -0.4 is 65.1 Å². The second kappa shape index (κ2) is 37.8. The third-order valence-corrected chi connectivity index (χ3v) is 16.8. The van der Waals surface area contributed by atoms with Gasteiger partial charge >= 0.3 is 0 Å². The van der Waals surface area contributed by atoms with Crippen LogP contribution >= 0.6 is 11.8 Å². The molecule has 0 radical (unpaired) electrons. The monoisotopic (exact) mass is 1340 g/mol. The maximum absolute atomic E-state index is 14.6. The number of nitrogens with two attached hydrogens (primary N) is 3. The zero-order valence-electron chi connectivity index (χ0n) is 54.9. The van der Waals surface area contributed by atoms with Crippen LogP contribution in [0.25, 0.3) is 0 Å². The van der Waals surface area contributed by atoms with Crippen LogP contribution in [0.5, 0.6) is 0 Å². The zero-order valence-corrected chi connectivity index (χ0v) is 55.7. The Labute approximate surface area is 556 Å². The number of rotatable bonds is 37. The molecular weight excluding hydrogens is 1250 g/mol. The third kappa shape index (κ3) is 24.1. The van der Waals surface area contributed by atoms with E-state index in [1.165, 1.54) is 47.9 Å². The lowest BCUT2D eigenvalue weighted by molar-refractivity contribution is -0.143. The fraction of sp³-hybridized carbons (Fsp3) is 0.562. The molecule has 3 heterocycles. The minimum absolute atomic E-state index is 0.0221. The van der Waals surface area contributed by atoms with E-state index in [0.717, 1.165) is 5.56 Å². The van der Waals surface area contributed by atoms with Crippen LogP contribution in [0, 0.1) is 11.8 Å². The molecule has 0 bridgehead atoms. The Balaban J connectivity index is 1.25. The second-order valence-corrected chi connectivity index (χ2v) is 25.8. The summed E-state index contributed by atoms with van der Waals surface area (Å²) in [5.74, 6) is -10.3. The molecule has 95 heavy (non-hydrogen) atoms. The number of nitrogens with one attached hydrogen (secondary N) is 10. The van der Waals surface area contributed by atoms with E-state index in [-0.39, 0.29) is 63.5 Å². The van der Waals surface area contributed by atoms with Gasteiger partial charge in [0.15, 0.2) is 0 Å². The highest BCUT2D eigenvalue weighted by Gasteiger charge is 2.42. The minimum atomic E-state index is -1.71. The fourth-order valence-electron chi connectivity index (χ4n) is 11.1. The standard InChI is InChI=1S/C64H94N16O14S/c1-35(2)26-44(56(86)70-37(5)54(84)72-43(53(67)83)28-39-16-10-8-11-17-39)75-62(92)51-21-15-24-80(51)64(94)48(27-36(3)4)77-59(89)47(31-52(66)82)73-55(85)38(6)71-57(87)45(29-40-18-12-9-13-19-40)74-60(90)49(33-81)78-58(88)46(30-41-32-68-34-69-41)76-61(91)50-20-14-23-79(50)63(93)42(65)22-25-95-7/h8-13,16-19,32,34-38,42-51,81H,14-15,20-31,33,65H2,1-7H3,(H2,66,82)(H2,67,83)(H,68,69)(H,70,86)(H,71,87)(H,72,84)(H,73,85)(H,74,90)(H,75,92)(H,76,91)(H,77,89)(H,78,88)/t37-,38-,42-,43-,44-,45-,46-,47-,48-,49-,50-,51-/m0/s1. The van der Waals surface area contributed by atoms with E-state index in [2.05, 4.69) is 57.8 Å². The molecule has 0 unspecified atom stereocenters. The summed E-state index contributed by atoms with van der Waals surface area (Å²) in [4.78, 5) is 188. The van der Waals surface area contributed by atoms with E-state index < -0.39 is 162 Å². The largest absolute Gasteiger partial charge is 0.394 e. The van der Waals surface area contributed by atoms with Crippen molar-refractivity contribution in [3.8, 4) is 0 Å². The van der Waals surface area contributed by atoms with Crippen LogP contribution in [0.2, 0.25) is 0 Å². The molecule has 30 nitrogen and oxygen atoms in total. The number of hydrogen-bond donors (Lipinski definition) is 14. The predicted molar refractivity (Wildman–Crippen MR) is 351 cm³/mol. The van der Waals surface area contributed by atoms with Crippen LogP contribution in [0.1, 0.15) is 110 Å². The van der Waals surface area contributed by atoms with Gasteiger partial charge in [0.05, 0.1) is 25.4 Å². The normalized spacial score (nSPS) is 17.6. The molecule has 0 spiro atoms. The molecule has 0 saturated carbocycles. The van der Waals surface area contributed by atoms with E-state index in [1.54, 1.807) is 74.5 Å². The molecule has 2 aliphatic heterocycles. The molecule has 0 aliphatic carbocycles. The van der Waals surface area contributed by atoms with Crippen LogP contribution in [-0.4, -0.2) is 206 Å². The van der Waals surface area contributed by atoms with Crippen LogP contribution in [0.3, 0.4) is 0 Å². The number of nitrogens with zero attached hydrogens (tertiary/aromatic N) is 3. The molecule has 520 valence electrons. The fourth-order valence-corrected chi connectivity index (χ4v) is 11.5. The molecule has 5 rings (SSSR count). The average molecular weight is 1340 g/mol. The molecule has 1 aromatic heterocycles. The number of aromatic nitrogens is 2. The van der Waals surface area contributed by atoms with Crippen molar-refractivity contribution in [1.29, 1.82) is 0 Å². The summed E-state index contributed by atoms with van der Waals surface area (Å²) in [5.41, 5.74) is 19.1. The lowest BCUT2D eigenvalue weighted by Crippen LogP contribution is -2.61. The number of H-pyrrole nitrogens is 1. The number of imidazole rings is 1. The number of aliphatic hydroxyl groups excluding tert-OH is 1. The van der Waals surface area contributed by atoms with Crippen LogP contribution in [-0.2, 0) is 81.6 Å². The van der Waals surface area contributed by atoms with Crippen LogP contribution in [0.4, 0.5) is 0 Å². The van der Waals surface area contributed by atoms with Gasteiger partial charge < -0.3 is 84.9 Å². The lowest BCUT2D eigenvalue weighted by Gasteiger charge is -2.31. The number of carbonyl (C=O) groups excluding carboxylic acids is 13. The van der Waals surface area contributed by atoms with Crippen molar-refractivity contribution in [3.63, 3.8) is 0 Å². The van der Waals surface area contributed by atoms with Gasteiger partial charge in [-0.25, -0.2) is 4.98 Å². The summed E-state index contributed by atoms with van der Waals surface area (Å²) >= 11 is 1.52. The molecular formula is C64H94N16O14S. The average Bonchev–Trinajstić information content (AvgIpc) is 1.90. The van der Waals surface area contributed by atoms with E-state index in [9.17, 15) is 67.4 Å². The van der Waals surface area contributed by atoms with Crippen molar-refractivity contribution >= 4 is 88.6 Å². The molecule has 3 aromatic rings. The Bertz CT molecular complexity index is 3130. The summed E-state index contributed by atoms with van der Waals surface area (Å²) in [6.45, 7) is 9.23. The smallest absolute Gasteiger partial charge is 0.245 e. The van der Waals surface area contributed by atoms with Gasteiger partial charge in [-0.3, -0.25) is 62.3 Å². The van der Waals surface area contributed by atoms with Gasteiger partial charge in [0.25, 0.3) is 0 Å². The Morgan fingerprint density at radius 1 is 0.547 bits per heavy atom. The maximum atomic E-state index is 14.6. The number of likely N-dealkylation sites (tertiary alicyclic amines) is 2. The third-order valence-electron chi connectivity index (χ3n) is 16.1. The zero-order chi connectivity index (χ0) is 70.1. The number of aliphatic hydroxyl groups is 1. The SMILES string of the molecule is CSCC[C@H](N)C(=O)N1CCC[C@H]1C(=O)N[C@@H](Cc1cnc[nH]1)C(=O)N[C@@H](CO)C(=O)N[C@@H](Cc1ccccc1)C(=O)N[C@@H](C)C(=O)N[C@@H](CC(N)=O)C(=O)N[C@@H](CC(C)C)C(=O)N1CCC[C@H]1C(=O)N[C@@H](CC(C)C)C(=O)N[C@@H](C)C(=O)N[C@@H](Cc1ccccc1)C(N)=O. The summed E-state index contributed by atoms with van der Waals surface area (Å²) in [6, 6.07) is 1.83. The minimum Gasteiger partial charge on any atom is -0.394 e. The predicted octanol–water partition coefficient (Wildman–Crippen LogP) is -2.65. The first-order valence-corrected chi connectivity index (χ1v) is 33.3. The molecule has 2 aliphatic rings. The first-order chi connectivity index (χ1) is 45.1. The molecule has 2 aromatic carbocycles. The number of hydrogen-bond acceptors (Lipinski definition) is 17. The van der Waals surface area contributed by atoms with Gasteiger partial charge in [-0.05, 0) is 93.8 Å². The number of amides is 13. The Morgan fingerprint density at radius 3 is 1.47 bits per heavy atom. The topological polar surface area (TPSA) is 464 Å². The number of primary amides is 2. The van der Waals surface area contributed by atoms with Crippen molar-refractivity contribution in [2.75, 3.05) is 31.7 Å². The molecule has 17 N–H and O–H groups in total. The maximum Gasteiger partial charge on any atom is 0.245 e. The molecule has 31 heteroatoms. The van der Waals surface area contributed by atoms with Crippen molar-refractivity contribution in [3.05, 3.63) is 90.0 Å². The van der Waals surface area contributed by atoms with E-state index in [4.69, 9.17) is 17.2 Å². The highest BCUT2D eigenvalue weighted by molar-refractivity contribution is 7.98. The van der Waals surface area contributed by atoms with Crippen molar-refractivity contribution in [2.24, 2.45) is 29.0 Å². The van der Waals surface area contributed by atoms with E-state index in [1.807, 2.05) is 20.1 Å². The Morgan fingerprint density at radius 2 is 0.979 bits per heavy atom. The van der Waals surface area contributed by atoms with Gasteiger partial charge in [0.2, 0.25) is 76.8 Å². The van der Waals surface area contributed by atoms with Gasteiger partial charge in [-0.1, -0.05) is 88.4 Å². The lowest BCUT2D eigenvalue weighted by atomic mass is 10.0. The number of aromatic amines is 1. The quantitative estimate of drug-likeness (QED) is 0.0280. The van der Waals surface area contributed by atoms with Gasteiger partial charge in [-0.15, -0.1) is 0 Å². The van der Waals surface area contributed by atoms with Crippen LogP contribution in [0.15, 0.2) is 73.2 Å². The van der Waals surface area contributed by atoms with Crippen molar-refractivity contribution in [2.45, 2.75) is 185 Å². The van der Waals surface area contributed by atoms with Crippen molar-refractivity contribution in [1.82, 2.24) is 67.6 Å². The number of carbonyl (C=O) groups is 13. The molecule has 12 atom stereocenters. The highest BCUT2D eigenvalue weighted by Crippen LogP contribution is 2.23. The number of thioether (sulfide) groups is 1. The Kier molecular flexibility index (Phi) is 30.5. The van der Waals surface area contributed by atoms with Gasteiger partial charge in [0.1, 0.15) is 66.5 Å². The van der Waals surface area contributed by atoms with Crippen molar-refractivity contribution < 1.29 is 67.4 Å². The van der Waals surface area contributed by atoms with Gasteiger partial charge in [0, 0.05) is 44.2 Å². The molecule has 2 fully saturated rings. The first kappa shape index (κ1) is 76.7. The van der Waals surface area contributed by atoms with Gasteiger partial charge in [-0.2, -0.15) is 11.8 Å². The summed E-state index contributed by atoms with van der Waals surface area (Å²) in [6.07, 6.45) is 5.55. The number of benzene rings is 2. The molecule has 2 saturated heterocycles. The second-order valence-electron chi connectivity index (χ2n) is 24.8. The summed E-state index contributed by atoms with van der Waals surface area (Å²) < 4.78 is 0. The highest BCUT2D eigenvalue weighted by atomic mass is 32.2. The summed E-state index contributed by atoms with van der Waals surface area (Å²) in [5, 5.41) is 33.7. The van der Waals surface area contributed by atoms with E-state index >= 15 is 0 Å². The Hall–Kier alpha value is -8.97. The molecule has 13 amide bonds. The van der Waals surface area contributed by atoms with E-state index in [0.29, 0.717) is 42.7 Å². The summed E-state index contributed by atoms with van der Waals surface area (Å²) in [7, 11) is 0. The first-order valence-electron chi connectivity index (χ1n) is 31.9.